The third kappa shape index (κ3) is 3.52. The highest BCUT2D eigenvalue weighted by Crippen LogP contribution is 2.24. The molecule has 0 saturated carbocycles. The Labute approximate surface area is 107 Å². The minimum Gasteiger partial charge on any atom is -0.508 e. The molecule has 0 aliphatic carbocycles. The Kier molecular flexibility index (Phi) is 4.77. The zero-order valence-electron chi connectivity index (χ0n) is 11.0. The number of aliphatic carboxylic acids is 1. The van der Waals surface area contributed by atoms with Gasteiger partial charge in [-0.05, 0) is 32.4 Å². The number of phenols is 1. The highest BCUT2D eigenvalue weighted by atomic mass is 16.4. The quantitative estimate of drug-likeness (QED) is 0.787. The van der Waals surface area contributed by atoms with Crippen LogP contribution >= 0.6 is 0 Å². The lowest BCUT2D eigenvalue weighted by atomic mass is 10.1. The predicted octanol–water partition coefficient (Wildman–Crippen LogP) is 2.56. The van der Waals surface area contributed by atoms with E-state index in [1.165, 1.54) is 0 Å². The molecule has 0 unspecified atom stereocenters. The topological polar surface area (TPSA) is 60.8 Å². The van der Waals surface area contributed by atoms with Crippen LogP contribution in [0.2, 0.25) is 0 Å². The molecule has 2 N–H and O–H groups in total. The highest BCUT2D eigenvalue weighted by molar-refractivity contribution is 5.85. The van der Waals surface area contributed by atoms with E-state index in [-0.39, 0.29) is 5.75 Å². The monoisotopic (exact) mass is 249 g/mol. The van der Waals surface area contributed by atoms with Gasteiger partial charge in [0.05, 0.1) is 0 Å². The van der Waals surface area contributed by atoms with Crippen molar-refractivity contribution in [2.24, 2.45) is 0 Å². The number of benzene rings is 1. The molecule has 1 rings (SSSR count). The van der Waals surface area contributed by atoms with E-state index in [4.69, 9.17) is 5.11 Å². The van der Waals surface area contributed by atoms with E-state index in [0.717, 1.165) is 17.8 Å². The van der Waals surface area contributed by atoms with Crippen LogP contribution in [-0.2, 0) is 4.79 Å². The Bertz CT molecular complexity index is 466. The number of carbonyl (C=O) groups is 1. The summed E-state index contributed by atoms with van der Waals surface area (Å²) in [6.45, 7) is 6.79. The van der Waals surface area contributed by atoms with Gasteiger partial charge in [-0.1, -0.05) is 12.1 Å². The maximum atomic E-state index is 10.7. The first-order chi connectivity index (χ1) is 8.45. The first-order valence-electron chi connectivity index (χ1n) is 5.90. The van der Waals surface area contributed by atoms with Gasteiger partial charge in [-0.25, -0.2) is 4.79 Å². The lowest BCUT2D eigenvalue weighted by molar-refractivity contribution is -0.132. The summed E-state index contributed by atoms with van der Waals surface area (Å²) in [5, 5.41) is 18.3. The molecule has 1 aromatic carbocycles. The Morgan fingerprint density at radius 3 is 2.67 bits per heavy atom. The van der Waals surface area contributed by atoms with Gasteiger partial charge in [0.25, 0.3) is 0 Å². The number of aromatic hydroxyl groups is 1. The first-order valence-corrected chi connectivity index (χ1v) is 5.90. The Morgan fingerprint density at radius 2 is 2.11 bits per heavy atom. The summed E-state index contributed by atoms with van der Waals surface area (Å²) >= 11 is 0. The van der Waals surface area contributed by atoms with E-state index in [0.29, 0.717) is 12.1 Å². The predicted molar refractivity (Wildman–Crippen MR) is 72.1 cm³/mol. The van der Waals surface area contributed by atoms with Gasteiger partial charge in [-0.3, -0.25) is 0 Å². The maximum Gasteiger partial charge on any atom is 0.331 e. The SMILES string of the molecule is CCN(C/C=C(/C)C(=O)O)c1cc(O)ccc1C. The lowest BCUT2D eigenvalue weighted by Gasteiger charge is -2.23. The summed E-state index contributed by atoms with van der Waals surface area (Å²) in [4.78, 5) is 12.7. The second-order valence-electron chi connectivity index (χ2n) is 4.20. The molecular weight excluding hydrogens is 230 g/mol. The van der Waals surface area contributed by atoms with Gasteiger partial charge >= 0.3 is 5.97 Å². The molecular formula is C14H19NO3. The highest BCUT2D eigenvalue weighted by Gasteiger charge is 2.08. The van der Waals surface area contributed by atoms with Crippen LogP contribution < -0.4 is 4.90 Å². The number of rotatable bonds is 5. The lowest BCUT2D eigenvalue weighted by Crippen LogP contribution is -2.24. The zero-order chi connectivity index (χ0) is 13.7. The van der Waals surface area contributed by atoms with Crippen molar-refractivity contribution in [2.45, 2.75) is 20.8 Å². The summed E-state index contributed by atoms with van der Waals surface area (Å²) in [5.74, 6) is -0.688. The van der Waals surface area contributed by atoms with Crippen molar-refractivity contribution in [1.82, 2.24) is 0 Å². The maximum absolute atomic E-state index is 10.7. The molecule has 98 valence electrons. The summed E-state index contributed by atoms with van der Waals surface area (Å²) in [6.07, 6.45) is 1.68. The standard InChI is InChI=1S/C14H19NO3/c1-4-15(8-7-11(3)14(17)18)13-9-12(16)6-5-10(13)2/h5-7,9,16H,4,8H2,1-3H3,(H,17,18)/b11-7-. The summed E-state index contributed by atoms with van der Waals surface area (Å²) in [6, 6.07) is 5.19. The molecule has 0 fully saturated rings. The molecule has 1 aromatic rings. The van der Waals surface area contributed by atoms with Crippen LogP contribution in [-0.4, -0.2) is 29.3 Å². The molecule has 0 radical (unpaired) electrons. The smallest absolute Gasteiger partial charge is 0.331 e. The van der Waals surface area contributed by atoms with Crippen molar-refractivity contribution in [3.63, 3.8) is 0 Å². The number of phenolic OH excluding ortho intramolecular Hbond substituents is 1. The molecule has 0 atom stereocenters. The van der Waals surface area contributed by atoms with E-state index in [2.05, 4.69) is 0 Å². The van der Waals surface area contributed by atoms with Gasteiger partial charge in [0.15, 0.2) is 0 Å². The largest absolute Gasteiger partial charge is 0.508 e. The molecule has 0 saturated heterocycles. The van der Waals surface area contributed by atoms with E-state index >= 15 is 0 Å². The average Bonchev–Trinajstić information content (AvgIpc) is 2.33. The summed E-state index contributed by atoms with van der Waals surface area (Å²) < 4.78 is 0. The molecule has 18 heavy (non-hydrogen) atoms. The van der Waals surface area contributed by atoms with E-state index in [1.54, 1.807) is 25.1 Å². The van der Waals surface area contributed by atoms with Crippen molar-refractivity contribution in [1.29, 1.82) is 0 Å². The molecule has 4 nitrogen and oxygen atoms in total. The molecule has 0 aromatic heterocycles. The third-order valence-electron chi connectivity index (χ3n) is 2.87. The fourth-order valence-corrected chi connectivity index (χ4v) is 1.67. The summed E-state index contributed by atoms with van der Waals surface area (Å²) in [5.41, 5.74) is 2.30. The van der Waals surface area contributed by atoms with Crippen molar-refractivity contribution in [3.8, 4) is 5.75 Å². The van der Waals surface area contributed by atoms with Crippen LogP contribution in [0.15, 0.2) is 29.8 Å². The van der Waals surface area contributed by atoms with Gasteiger partial charge in [0.1, 0.15) is 5.75 Å². The van der Waals surface area contributed by atoms with E-state index in [1.807, 2.05) is 24.8 Å². The normalized spacial score (nSPS) is 11.4. The molecule has 0 aliphatic rings. The van der Waals surface area contributed by atoms with Crippen LogP contribution in [0.3, 0.4) is 0 Å². The fourth-order valence-electron chi connectivity index (χ4n) is 1.67. The zero-order valence-corrected chi connectivity index (χ0v) is 11.0. The van der Waals surface area contributed by atoms with Crippen LogP contribution in [0.1, 0.15) is 19.4 Å². The first kappa shape index (κ1) is 14.1. The Balaban J connectivity index is 2.93. The van der Waals surface area contributed by atoms with Crippen LogP contribution in [0.5, 0.6) is 5.75 Å². The Hall–Kier alpha value is -1.97. The number of hydrogen-bond donors (Lipinski definition) is 2. The number of carboxylic acid groups (broad SMARTS) is 1. The fraction of sp³-hybridized carbons (Fsp3) is 0.357. The minimum atomic E-state index is -0.904. The van der Waals surface area contributed by atoms with Gasteiger partial charge in [-0.15, -0.1) is 0 Å². The number of carboxylic acids is 1. The molecule has 0 heterocycles. The molecule has 0 bridgehead atoms. The van der Waals surface area contributed by atoms with Crippen LogP contribution in [0.4, 0.5) is 5.69 Å². The number of likely N-dealkylation sites (N-methyl/N-ethyl adjacent to an activating group) is 1. The second kappa shape index (κ2) is 6.10. The van der Waals surface area contributed by atoms with Gasteiger partial charge in [0.2, 0.25) is 0 Å². The molecule has 0 amide bonds. The third-order valence-corrected chi connectivity index (χ3v) is 2.87. The van der Waals surface area contributed by atoms with Gasteiger partial charge in [0, 0.05) is 30.4 Å². The van der Waals surface area contributed by atoms with Crippen molar-refractivity contribution >= 4 is 11.7 Å². The van der Waals surface area contributed by atoms with Crippen LogP contribution in [0, 0.1) is 6.92 Å². The second-order valence-corrected chi connectivity index (χ2v) is 4.20. The molecule has 4 heteroatoms. The van der Waals surface area contributed by atoms with Crippen molar-refractivity contribution in [2.75, 3.05) is 18.0 Å². The number of nitrogens with zero attached hydrogens (tertiary/aromatic N) is 1. The van der Waals surface area contributed by atoms with Gasteiger partial charge < -0.3 is 15.1 Å². The van der Waals surface area contributed by atoms with E-state index in [9.17, 15) is 9.90 Å². The van der Waals surface area contributed by atoms with Crippen molar-refractivity contribution in [3.05, 3.63) is 35.4 Å². The number of anilines is 1. The Morgan fingerprint density at radius 1 is 1.44 bits per heavy atom. The van der Waals surface area contributed by atoms with E-state index < -0.39 is 5.97 Å². The van der Waals surface area contributed by atoms with Gasteiger partial charge in [-0.2, -0.15) is 0 Å². The number of aryl methyl sites for hydroxylation is 1. The summed E-state index contributed by atoms with van der Waals surface area (Å²) in [7, 11) is 0. The average molecular weight is 249 g/mol. The van der Waals surface area contributed by atoms with Crippen molar-refractivity contribution < 1.29 is 15.0 Å². The number of hydrogen-bond acceptors (Lipinski definition) is 3. The minimum absolute atomic E-state index is 0.216. The van der Waals surface area contributed by atoms with Crippen LogP contribution in [0.25, 0.3) is 0 Å². The molecule has 0 spiro atoms. The molecule has 0 aliphatic heterocycles.